The maximum Gasteiger partial charge on any atom is 0.261 e. The van der Waals surface area contributed by atoms with Gasteiger partial charge in [-0.1, -0.05) is 29.3 Å². The van der Waals surface area contributed by atoms with Crippen molar-refractivity contribution < 1.29 is 21.6 Å². The molecule has 2 heterocycles. The van der Waals surface area contributed by atoms with E-state index in [0.717, 1.165) is 11.3 Å². The zero-order chi connectivity index (χ0) is 25.2. The average molecular weight is 575 g/mol. The molecule has 2 N–H and O–H groups in total. The second-order valence-electron chi connectivity index (χ2n) is 7.91. The van der Waals surface area contributed by atoms with Crippen LogP contribution >= 0.6 is 34.5 Å². The molecule has 1 aliphatic rings. The quantitative estimate of drug-likeness (QED) is 0.417. The molecule has 0 bridgehead atoms. The van der Waals surface area contributed by atoms with Crippen LogP contribution < -0.4 is 10.0 Å². The van der Waals surface area contributed by atoms with E-state index in [9.17, 15) is 21.6 Å². The standard InChI is InChI=1S/C22H21Cl2N3O5S3/c23-16-11-17(24)13-19(12-16)26-34(29,30)20-7-5-18(6-8-20)25-22(28)15-3-1-9-27(14-15)35(31,32)21-4-2-10-33-21/h2,4-8,10-13,15,26H,1,3,9,14H2,(H,25,28)/t15-/m0/s1. The Morgan fingerprint density at radius 1 is 0.971 bits per heavy atom. The largest absolute Gasteiger partial charge is 0.326 e. The molecule has 1 aliphatic heterocycles. The van der Waals surface area contributed by atoms with Crippen LogP contribution in [0.3, 0.4) is 0 Å². The van der Waals surface area contributed by atoms with Crippen molar-refractivity contribution >= 4 is 71.9 Å². The number of halogens is 2. The summed E-state index contributed by atoms with van der Waals surface area (Å²) < 4.78 is 55.0. The predicted octanol–water partition coefficient (Wildman–Crippen LogP) is 4.90. The van der Waals surface area contributed by atoms with Gasteiger partial charge in [0, 0.05) is 28.8 Å². The first-order chi connectivity index (χ1) is 16.5. The second-order valence-corrected chi connectivity index (χ2v) is 13.6. The van der Waals surface area contributed by atoms with Gasteiger partial charge >= 0.3 is 0 Å². The van der Waals surface area contributed by atoms with Gasteiger partial charge in [-0.15, -0.1) is 11.3 Å². The first-order valence-electron chi connectivity index (χ1n) is 10.5. The summed E-state index contributed by atoms with van der Waals surface area (Å²) in [5, 5.41) is 5.03. The maximum absolute atomic E-state index is 12.8. The van der Waals surface area contributed by atoms with Gasteiger partial charge in [-0.3, -0.25) is 9.52 Å². The Bertz CT molecular complexity index is 1410. The van der Waals surface area contributed by atoms with E-state index in [1.54, 1.807) is 17.5 Å². The predicted molar refractivity (Wildman–Crippen MR) is 138 cm³/mol. The van der Waals surface area contributed by atoms with Crippen LogP contribution in [0.25, 0.3) is 0 Å². The Labute approximate surface area is 218 Å². The Balaban J connectivity index is 1.41. The summed E-state index contributed by atoms with van der Waals surface area (Å²) in [6.45, 7) is 0.450. The number of sulfonamides is 2. The van der Waals surface area contributed by atoms with Gasteiger partial charge in [-0.05, 0) is 66.8 Å². The van der Waals surface area contributed by atoms with Crippen molar-refractivity contribution in [3.05, 3.63) is 70.0 Å². The number of hydrogen-bond acceptors (Lipinski definition) is 6. The van der Waals surface area contributed by atoms with Gasteiger partial charge in [0.15, 0.2) is 0 Å². The Morgan fingerprint density at radius 3 is 2.29 bits per heavy atom. The molecular formula is C22H21Cl2N3O5S3. The third-order valence-electron chi connectivity index (χ3n) is 5.39. The van der Waals surface area contributed by atoms with Crippen LogP contribution in [0.15, 0.2) is 69.1 Å². The lowest BCUT2D eigenvalue weighted by Crippen LogP contribution is -2.43. The summed E-state index contributed by atoms with van der Waals surface area (Å²) >= 11 is 13.0. The zero-order valence-corrected chi connectivity index (χ0v) is 22.1. The van der Waals surface area contributed by atoms with Gasteiger partial charge in [-0.25, -0.2) is 16.8 Å². The molecular weight excluding hydrogens is 553 g/mol. The smallest absolute Gasteiger partial charge is 0.261 e. The molecule has 0 spiro atoms. The van der Waals surface area contributed by atoms with Gasteiger partial charge in [0.25, 0.3) is 20.0 Å². The highest BCUT2D eigenvalue weighted by Crippen LogP contribution is 2.28. The van der Waals surface area contributed by atoms with Crippen molar-refractivity contribution in [3.8, 4) is 0 Å². The Kier molecular flexibility index (Phi) is 7.74. The lowest BCUT2D eigenvalue weighted by molar-refractivity contribution is -0.120. The van der Waals surface area contributed by atoms with E-state index < -0.39 is 26.0 Å². The molecule has 4 rings (SSSR count). The molecule has 1 saturated heterocycles. The van der Waals surface area contributed by atoms with E-state index in [2.05, 4.69) is 10.0 Å². The second kappa shape index (κ2) is 10.5. The van der Waals surface area contributed by atoms with Crippen LogP contribution in [-0.4, -0.2) is 40.1 Å². The lowest BCUT2D eigenvalue weighted by Gasteiger charge is -2.30. The molecule has 0 aliphatic carbocycles. The van der Waals surface area contributed by atoms with Crippen molar-refractivity contribution in [1.29, 1.82) is 0 Å². The number of piperidine rings is 1. The van der Waals surface area contributed by atoms with E-state index in [1.807, 2.05) is 0 Å². The molecule has 0 radical (unpaired) electrons. The topological polar surface area (TPSA) is 113 Å². The fourth-order valence-electron chi connectivity index (χ4n) is 3.70. The van der Waals surface area contributed by atoms with Crippen LogP contribution in [0.4, 0.5) is 11.4 Å². The van der Waals surface area contributed by atoms with Crippen molar-refractivity contribution in [2.45, 2.75) is 21.9 Å². The van der Waals surface area contributed by atoms with Crippen molar-refractivity contribution in [3.63, 3.8) is 0 Å². The number of amides is 1. The van der Waals surface area contributed by atoms with Crippen LogP contribution in [-0.2, 0) is 24.8 Å². The van der Waals surface area contributed by atoms with Crippen LogP contribution in [0.1, 0.15) is 12.8 Å². The minimum absolute atomic E-state index is 0.0162. The molecule has 0 saturated carbocycles. The summed E-state index contributed by atoms with van der Waals surface area (Å²) in [5.74, 6) is -0.838. The Hall–Kier alpha value is -2.15. The first kappa shape index (κ1) is 25.9. The fraction of sp³-hybridized carbons (Fsp3) is 0.227. The molecule has 1 aromatic heterocycles. The number of carbonyl (C=O) groups excluding carboxylic acids is 1. The molecule has 8 nitrogen and oxygen atoms in total. The monoisotopic (exact) mass is 573 g/mol. The van der Waals surface area contributed by atoms with Gasteiger partial charge in [-0.2, -0.15) is 4.31 Å². The summed E-state index contributed by atoms with van der Waals surface area (Å²) in [5.41, 5.74) is 0.622. The third-order valence-corrected chi connectivity index (χ3v) is 10.5. The van der Waals surface area contributed by atoms with Crippen LogP contribution in [0, 0.1) is 5.92 Å². The number of carbonyl (C=O) groups is 1. The van der Waals surface area contributed by atoms with E-state index in [0.29, 0.717) is 25.1 Å². The number of hydrogen-bond donors (Lipinski definition) is 2. The van der Waals surface area contributed by atoms with Crippen molar-refractivity contribution in [2.24, 2.45) is 5.92 Å². The SMILES string of the molecule is O=C(Nc1ccc(S(=O)(=O)Nc2cc(Cl)cc(Cl)c2)cc1)[C@H]1CCCN(S(=O)(=O)c2cccs2)C1. The van der Waals surface area contributed by atoms with Crippen LogP contribution in [0.2, 0.25) is 10.0 Å². The molecule has 13 heteroatoms. The molecule has 3 aromatic rings. The van der Waals surface area contributed by atoms with Gasteiger partial charge < -0.3 is 5.32 Å². The van der Waals surface area contributed by atoms with Gasteiger partial charge in [0.05, 0.1) is 16.5 Å². The maximum atomic E-state index is 12.8. The average Bonchev–Trinajstić information content (AvgIpc) is 3.34. The van der Waals surface area contributed by atoms with Gasteiger partial charge in [0.2, 0.25) is 5.91 Å². The summed E-state index contributed by atoms with van der Waals surface area (Å²) in [6.07, 6.45) is 1.12. The van der Waals surface area contributed by atoms with Crippen molar-refractivity contribution in [1.82, 2.24) is 4.31 Å². The third kappa shape index (κ3) is 6.16. The van der Waals surface area contributed by atoms with Crippen LogP contribution in [0.5, 0.6) is 0 Å². The molecule has 0 unspecified atom stereocenters. The van der Waals surface area contributed by atoms with Crippen molar-refractivity contribution in [2.75, 3.05) is 23.1 Å². The normalized spacial score (nSPS) is 17.1. The molecule has 1 atom stereocenters. The number of thiophene rings is 1. The number of nitrogens with zero attached hydrogens (tertiary/aromatic N) is 1. The zero-order valence-electron chi connectivity index (χ0n) is 18.1. The first-order valence-corrected chi connectivity index (χ1v) is 15.0. The highest BCUT2D eigenvalue weighted by molar-refractivity contribution is 7.92. The summed E-state index contributed by atoms with van der Waals surface area (Å²) in [4.78, 5) is 12.8. The minimum Gasteiger partial charge on any atom is -0.326 e. The van der Waals surface area contributed by atoms with E-state index in [1.165, 1.54) is 46.8 Å². The number of nitrogens with one attached hydrogen (secondary N) is 2. The van der Waals surface area contributed by atoms with E-state index in [4.69, 9.17) is 23.2 Å². The van der Waals surface area contributed by atoms with E-state index in [-0.39, 0.29) is 37.3 Å². The molecule has 2 aromatic carbocycles. The number of benzene rings is 2. The van der Waals surface area contributed by atoms with Gasteiger partial charge in [0.1, 0.15) is 4.21 Å². The molecule has 35 heavy (non-hydrogen) atoms. The number of rotatable bonds is 7. The summed E-state index contributed by atoms with van der Waals surface area (Å²) in [6, 6.07) is 13.3. The highest BCUT2D eigenvalue weighted by atomic mass is 35.5. The fourth-order valence-corrected chi connectivity index (χ4v) is 7.94. The molecule has 1 amide bonds. The van der Waals surface area contributed by atoms with E-state index >= 15 is 0 Å². The molecule has 1 fully saturated rings. The molecule has 186 valence electrons. The summed E-state index contributed by atoms with van der Waals surface area (Å²) in [7, 11) is -7.54. The Morgan fingerprint density at radius 2 is 1.66 bits per heavy atom. The highest BCUT2D eigenvalue weighted by Gasteiger charge is 2.33. The number of anilines is 2. The lowest BCUT2D eigenvalue weighted by atomic mass is 9.99. The minimum atomic E-state index is -3.91.